The predicted molar refractivity (Wildman–Crippen MR) is 108 cm³/mol. The summed E-state index contributed by atoms with van der Waals surface area (Å²) in [6.45, 7) is 0.200. The number of β-amino-alcohol motifs (C(OH)–C–C–N with tert-alkyl or cyclic N) is 1. The third kappa shape index (κ3) is 4.59. The fraction of sp³-hybridized carbons (Fsp3) is 0.227. The van der Waals surface area contributed by atoms with E-state index in [2.05, 4.69) is 11.4 Å². The maximum atomic E-state index is 12.7. The van der Waals surface area contributed by atoms with Crippen LogP contribution in [0.5, 0.6) is 5.75 Å². The summed E-state index contributed by atoms with van der Waals surface area (Å²) < 4.78 is 10.6. The van der Waals surface area contributed by atoms with Crippen LogP contribution in [-0.4, -0.2) is 48.7 Å². The second-order valence-corrected chi connectivity index (χ2v) is 6.52. The first-order valence-electron chi connectivity index (χ1n) is 9.27. The molecule has 1 amide bonds. The van der Waals surface area contributed by atoms with Gasteiger partial charge in [0, 0.05) is 18.3 Å². The molecule has 154 valence electrons. The van der Waals surface area contributed by atoms with Gasteiger partial charge in [-0.25, -0.2) is 4.79 Å². The molecule has 0 aromatic heterocycles. The van der Waals surface area contributed by atoms with E-state index in [1.54, 1.807) is 18.2 Å². The molecule has 0 saturated carbocycles. The number of amides is 1. The molecule has 3 rings (SSSR count). The van der Waals surface area contributed by atoms with E-state index >= 15 is 0 Å². The molecule has 8 nitrogen and oxygen atoms in total. The highest BCUT2D eigenvalue weighted by atomic mass is 16.5. The number of esters is 1. The summed E-state index contributed by atoms with van der Waals surface area (Å²) in [6.07, 6.45) is 0. The maximum Gasteiger partial charge on any atom is 0.337 e. The van der Waals surface area contributed by atoms with Gasteiger partial charge in [0.2, 0.25) is 0 Å². The van der Waals surface area contributed by atoms with Crippen molar-refractivity contribution in [2.45, 2.75) is 6.61 Å². The number of aliphatic hydroxyl groups is 1. The van der Waals surface area contributed by atoms with Crippen LogP contribution in [0.2, 0.25) is 0 Å². The Morgan fingerprint density at radius 2 is 2.03 bits per heavy atom. The Balaban J connectivity index is 1.85. The molecular weight excluding hydrogens is 386 g/mol. The number of benzene rings is 2. The normalized spacial score (nSPS) is 13.2. The molecule has 0 unspecified atom stereocenters. The predicted octanol–water partition coefficient (Wildman–Crippen LogP) is 1.81. The van der Waals surface area contributed by atoms with Gasteiger partial charge in [-0.3, -0.25) is 4.79 Å². The van der Waals surface area contributed by atoms with Crippen molar-refractivity contribution in [2.24, 2.45) is 0 Å². The largest absolute Gasteiger partial charge is 0.487 e. The third-order valence-electron chi connectivity index (χ3n) is 4.56. The smallest absolute Gasteiger partial charge is 0.337 e. The van der Waals surface area contributed by atoms with Gasteiger partial charge in [-0.15, -0.1) is 0 Å². The molecule has 2 aromatic rings. The monoisotopic (exact) mass is 407 g/mol. The van der Waals surface area contributed by atoms with Gasteiger partial charge in [-0.2, -0.15) is 5.26 Å². The van der Waals surface area contributed by atoms with Crippen LogP contribution in [0, 0.1) is 11.3 Å². The fourth-order valence-corrected chi connectivity index (χ4v) is 3.04. The minimum Gasteiger partial charge on any atom is -0.487 e. The van der Waals surface area contributed by atoms with E-state index in [0.29, 0.717) is 17.0 Å². The Morgan fingerprint density at radius 1 is 1.27 bits per heavy atom. The fourth-order valence-electron chi connectivity index (χ4n) is 3.04. The zero-order valence-corrected chi connectivity index (χ0v) is 16.4. The number of nitriles is 1. The Bertz CT molecular complexity index is 1010. The number of carbonyl (C=O) groups is 2. The molecular formula is C22H21N3O5. The summed E-state index contributed by atoms with van der Waals surface area (Å²) in [4.78, 5) is 26.1. The topological polar surface area (TPSA) is 112 Å². The highest BCUT2D eigenvalue weighted by Crippen LogP contribution is 2.27. The molecule has 0 aliphatic carbocycles. The van der Waals surface area contributed by atoms with E-state index in [-0.39, 0.29) is 37.6 Å². The van der Waals surface area contributed by atoms with E-state index in [4.69, 9.17) is 14.6 Å². The quantitative estimate of drug-likeness (QED) is 0.642. The molecule has 1 aliphatic rings. The van der Waals surface area contributed by atoms with Crippen molar-refractivity contribution in [3.8, 4) is 11.8 Å². The Hall–Kier alpha value is -3.83. The van der Waals surface area contributed by atoms with Gasteiger partial charge in [0.15, 0.2) is 0 Å². The summed E-state index contributed by atoms with van der Waals surface area (Å²) in [5.74, 6) is -0.690. The van der Waals surface area contributed by atoms with Crippen molar-refractivity contribution in [3.05, 3.63) is 70.9 Å². The lowest BCUT2D eigenvalue weighted by molar-refractivity contribution is -0.136. The molecule has 30 heavy (non-hydrogen) atoms. The van der Waals surface area contributed by atoms with Crippen LogP contribution in [0.15, 0.2) is 59.8 Å². The number of ether oxygens (including phenoxy) is 2. The highest BCUT2D eigenvalue weighted by Gasteiger charge is 2.34. The molecule has 1 aliphatic heterocycles. The molecule has 0 spiro atoms. The average molecular weight is 407 g/mol. The number of hydrogen-bond acceptors (Lipinski definition) is 7. The summed E-state index contributed by atoms with van der Waals surface area (Å²) in [6, 6.07) is 16.4. The van der Waals surface area contributed by atoms with E-state index in [9.17, 15) is 14.9 Å². The van der Waals surface area contributed by atoms with Crippen LogP contribution in [0.3, 0.4) is 0 Å². The zero-order valence-electron chi connectivity index (χ0n) is 16.4. The van der Waals surface area contributed by atoms with Crippen LogP contribution in [0.4, 0.5) is 5.69 Å². The van der Waals surface area contributed by atoms with Gasteiger partial charge in [0.1, 0.15) is 24.1 Å². The molecule has 2 N–H and O–H groups in total. The van der Waals surface area contributed by atoms with Gasteiger partial charge < -0.3 is 24.8 Å². The van der Waals surface area contributed by atoms with Crippen molar-refractivity contribution in [1.29, 1.82) is 5.26 Å². The summed E-state index contributed by atoms with van der Waals surface area (Å²) in [5.41, 5.74) is 2.02. The number of hydrogen-bond donors (Lipinski definition) is 2. The Kier molecular flexibility index (Phi) is 6.67. The second kappa shape index (κ2) is 9.58. The Morgan fingerprint density at radius 3 is 2.70 bits per heavy atom. The first-order chi connectivity index (χ1) is 14.6. The van der Waals surface area contributed by atoms with Gasteiger partial charge in [-0.05, 0) is 17.7 Å². The van der Waals surface area contributed by atoms with Crippen molar-refractivity contribution in [2.75, 3.05) is 32.1 Å². The van der Waals surface area contributed by atoms with Crippen molar-refractivity contribution < 1.29 is 24.2 Å². The highest BCUT2D eigenvalue weighted by molar-refractivity contribution is 6.08. The molecule has 0 radical (unpaired) electrons. The molecule has 0 bridgehead atoms. The molecule has 2 aromatic carbocycles. The van der Waals surface area contributed by atoms with Gasteiger partial charge in [0.25, 0.3) is 5.91 Å². The van der Waals surface area contributed by atoms with Crippen LogP contribution in [0.1, 0.15) is 11.1 Å². The number of anilines is 1. The number of methoxy groups -OCH3 is 1. The van der Waals surface area contributed by atoms with Crippen LogP contribution >= 0.6 is 0 Å². The second-order valence-electron chi connectivity index (χ2n) is 6.52. The number of carbonyl (C=O) groups excluding carboxylic acids is 2. The molecule has 0 fully saturated rings. The van der Waals surface area contributed by atoms with Gasteiger partial charge in [-0.1, -0.05) is 30.3 Å². The lowest BCUT2D eigenvalue weighted by Crippen LogP contribution is -2.31. The number of rotatable bonds is 8. The van der Waals surface area contributed by atoms with Gasteiger partial charge >= 0.3 is 5.97 Å². The lowest BCUT2D eigenvalue weighted by Gasteiger charge is -2.15. The van der Waals surface area contributed by atoms with E-state index in [0.717, 1.165) is 5.56 Å². The Labute approximate surface area is 173 Å². The SMILES string of the molecule is COC(=O)C1=C(Nc2ccc(C#N)c(OCc3ccccc3)c2)C(=O)N(CCO)C1. The standard InChI is InChI=1S/C22H21N3O5/c1-29-22(28)18-13-25(9-10-26)21(27)20(18)24-17-8-7-16(12-23)19(11-17)30-14-15-5-3-2-4-6-15/h2-8,11,24,26H,9-10,13-14H2,1H3. The van der Waals surface area contributed by atoms with Crippen molar-refractivity contribution >= 4 is 17.6 Å². The molecule has 8 heteroatoms. The maximum absolute atomic E-state index is 12.7. The third-order valence-corrected chi connectivity index (χ3v) is 4.56. The lowest BCUT2D eigenvalue weighted by atomic mass is 10.1. The van der Waals surface area contributed by atoms with E-state index < -0.39 is 11.9 Å². The van der Waals surface area contributed by atoms with E-state index in [1.165, 1.54) is 12.0 Å². The van der Waals surface area contributed by atoms with Crippen LogP contribution in [-0.2, 0) is 20.9 Å². The van der Waals surface area contributed by atoms with Crippen LogP contribution in [0.25, 0.3) is 0 Å². The number of nitrogens with one attached hydrogen (secondary N) is 1. The van der Waals surface area contributed by atoms with Gasteiger partial charge in [0.05, 0.1) is 31.4 Å². The molecule has 1 heterocycles. The summed E-state index contributed by atoms with van der Waals surface area (Å²) in [7, 11) is 1.24. The summed E-state index contributed by atoms with van der Waals surface area (Å²) in [5, 5.41) is 21.5. The summed E-state index contributed by atoms with van der Waals surface area (Å²) >= 11 is 0. The first kappa shape index (κ1) is 20.9. The number of aliphatic hydroxyl groups excluding tert-OH is 1. The average Bonchev–Trinajstić information content (AvgIpc) is 3.08. The number of nitrogens with zero attached hydrogens (tertiary/aromatic N) is 2. The van der Waals surface area contributed by atoms with Crippen LogP contribution < -0.4 is 10.1 Å². The van der Waals surface area contributed by atoms with E-state index in [1.807, 2.05) is 30.3 Å². The van der Waals surface area contributed by atoms with Crippen molar-refractivity contribution in [1.82, 2.24) is 4.90 Å². The molecule has 0 saturated heterocycles. The minimum atomic E-state index is -0.625. The first-order valence-corrected chi connectivity index (χ1v) is 9.27. The molecule has 0 atom stereocenters. The zero-order chi connectivity index (χ0) is 21.5. The minimum absolute atomic E-state index is 0.0437. The van der Waals surface area contributed by atoms with Crippen molar-refractivity contribution in [3.63, 3.8) is 0 Å².